The lowest BCUT2D eigenvalue weighted by Gasteiger charge is -2.35. The zero-order valence-corrected chi connectivity index (χ0v) is 12.4. The van der Waals surface area contributed by atoms with E-state index in [1.807, 2.05) is 12.1 Å². The molecule has 1 fully saturated rings. The van der Waals surface area contributed by atoms with Crippen molar-refractivity contribution in [1.82, 2.24) is 5.32 Å². The van der Waals surface area contributed by atoms with E-state index in [-0.39, 0.29) is 0 Å². The first-order chi connectivity index (χ1) is 8.22. The molecule has 1 atom stereocenters. The van der Waals surface area contributed by atoms with Crippen molar-refractivity contribution in [2.24, 2.45) is 0 Å². The van der Waals surface area contributed by atoms with Gasteiger partial charge in [-0.15, -0.1) is 0 Å². The fraction of sp³-hybridized carbons (Fsp3) is 0.538. The monoisotopic (exact) mass is 316 g/mol. The van der Waals surface area contributed by atoms with Crippen molar-refractivity contribution < 1.29 is 0 Å². The Morgan fingerprint density at radius 3 is 3.12 bits per heavy atom. The number of piperidine rings is 1. The van der Waals surface area contributed by atoms with Gasteiger partial charge in [-0.05, 0) is 47.4 Å². The second kappa shape index (κ2) is 6.07. The average Bonchev–Trinajstić information content (AvgIpc) is 2.33. The van der Waals surface area contributed by atoms with Crippen molar-refractivity contribution in [2.75, 3.05) is 24.5 Å². The summed E-state index contributed by atoms with van der Waals surface area (Å²) in [5.74, 6) is 0. The molecule has 17 heavy (non-hydrogen) atoms. The number of halogens is 2. The van der Waals surface area contributed by atoms with E-state index >= 15 is 0 Å². The van der Waals surface area contributed by atoms with E-state index in [9.17, 15) is 0 Å². The van der Waals surface area contributed by atoms with Crippen LogP contribution in [0.2, 0.25) is 5.02 Å². The maximum absolute atomic E-state index is 6.14. The standard InChI is InChI=1S/C13H18BrClN2/c1-2-16-10-5-4-8-17(9-10)12-7-3-6-11(15)13(12)14/h3,6-7,10,16H,2,4-5,8-9H2,1H3. The Morgan fingerprint density at radius 1 is 1.53 bits per heavy atom. The van der Waals surface area contributed by atoms with E-state index in [1.54, 1.807) is 0 Å². The lowest BCUT2D eigenvalue weighted by molar-refractivity contribution is 0.431. The first-order valence-electron chi connectivity index (χ1n) is 6.14. The summed E-state index contributed by atoms with van der Waals surface area (Å²) < 4.78 is 1.01. The van der Waals surface area contributed by atoms with Crippen LogP contribution in [0.1, 0.15) is 19.8 Å². The van der Waals surface area contributed by atoms with Crippen LogP contribution in [0.4, 0.5) is 5.69 Å². The van der Waals surface area contributed by atoms with Crippen molar-refractivity contribution in [3.8, 4) is 0 Å². The molecule has 0 saturated carbocycles. The fourth-order valence-corrected chi connectivity index (χ4v) is 3.07. The lowest BCUT2D eigenvalue weighted by atomic mass is 10.0. The predicted molar refractivity (Wildman–Crippen MR) is 78.1 cm³/mol. The topological polar surface area (TPSA) is 15.3 Å². The van der Waals surface area contributed by atoms with Gasteiger partial charge in [0.25, 0.3) is 0 Å². The summed E-state index contributed by atoms with van der Waals surface area (Å²) >= 11 is 9.72. The van der Waals surface area contributed by atoms with Crippen LogP contribution in [0.5, 0.6) is 0 Å². The first-order valence-corrected chi connectivity index (χ1v) is 7.31. The largest absolute Gasteiger partial charge is 0.369 e. The highest BCUT2D eigenvalue weighted by Crippen LogP contribution is 2.34. The molecule has 0 radical (unpaired) electrons. The lowest BCUT2D eigenvalue weighted by Crippen LogP contribution is -2.45. The van der Waals surface area contributed by atoms with Crippen LogP contribution in [-0.4, -0.2) is 25.7 Å². The first kappa shape index (κ1) is 13.2. The molecule has 1 aliphatic rings. The van der Waals surface area contributed by atoms with Gasteiger partial charge in [0, 0.05) is 19.1 Å². The second-order valence-electron chi connectivity index (χ2n) is 4.42. The molecule has 1 heterocycles. The SMILES string of the molecule is CCNC1CCCN(c2cccc(Cl)c2Br)C1. The summed E-state index contributed by atoms with van der Waals surface area (Å²) in [6.45, 7) is 5.37. The number of anilines is 1. The van der Waals surface area contributed by atoms with Crippen molar-refractivity contribution in [2.45, 2.75) is 25.8 Å². The van der Waals surface area contributed by atoms with E-state index in [2.05, 4.69) is 39.1 Å². The fourth-order valence-electron chi connectivity index (χ4n) is 2.39. The Kier molecular flexibility index (Phi) is 4.71. The van der Waals surface area contributed by atoms with Gasteiger partial charge in [-0.2, -0.15) is 0 Å². The number of hydrogen-bond acceptors (Lipinski definition) is 2. The normalized spacial score (nSPS) is 20.6. The van der Waals surface area contributed by atoms with Crippen LogP contribution < -0.4 is 10.2 Å². The summed E-state index contributed by atoms with van der Waals surface area (Å²) in [6.07, 6.45) is 2.50. The van der Waals surface area contributed by atoms with Gasteiger partial charge in [-0.3, -0.25) is 0 Å². The minimum Gasteiger partial charge on any atom is -0.369 e. The van der Waals surface area contributed by atoms with Crippen molar-refractivity contribution in [3.05, 3.63) is 27.7 Å². The van der Waals surface area contributed by atoms with Gasteiger partial charge in [0.15, 0.2) is 0 Å². The highest BCUT2D eigenvalue weighted by Gasteiger charge is 2.21. The molecule has 2 rings (SSSR count). The third-order valence-electron chi connectivity index (χ3n) is 3.19. The summed E-state index contributed by atoms with van der Waals surface area (Å²) in [6, 6.07) is 6.66. The highest BCUT2D eigenvalue weighted by molar-refractivity contribution is 9.10. The number of nitrogens with one attached hydrogen (secondary N) is 1. The Morgan fingerprint density at radius 2 is 2.35 bits per heavy atom. The Labute approximate surface area is 116 Å². The summed E-state index contributed by atoms with van der Waals surface area (Å²) in [5.41, 5.74) is 1.21. The summed E-state index contributed by atoms with van der Waals surface area (Å²) in [4.78, 5) is 2.41. The zero-order valence-electron chi connectivity index (χ0n) is 10.0. The Bertz CT molecular complexity index is 382. The average molecular weight is 318 g/mol. The molecule has 2 nitrogen and oxygen atoms in total. The van der Waals surface area contributed by atoms with Gasteiger partial charge in [0.05, 0.1) is 15.2 Å². The van der Waals surface area contributed by atoms with Crippen molar-refractivity contribution in [1.29, 1.82) is 0 Å². The molecule has 1 N–H and O–H groups in total. The Hall–Kier alpha value is -0.250. The van der Waals surface area contributed by atoms with Crippen molar-refractivity contribution >= 4 is 33.2 Å². The number of rotatable bonds is 3. The summed E-state index contributed by atoms with van der Waals surface area (Å²) in [7, 11) is 0. The number of hydrogen-bond donors (Lipinski definition) is 1. The molecule has 0 amide bonds. The molecule has 1 aromatic carbocycles. The molecular weight excluding hydrogens is 300 g/mol. The molecule has 0 spiro atoms. The minimum atomic E-state index is 0.597. The number of benzene rings is 1. The molecule has 4 heteroatoms. The van der Waals surface area contributed by atoms with Gasteiger partial charge in [0.2, 0.25) is 0 Å². The van der Waals surface area contributed by atoms with Gasteiger partial charge >= 0.3 is 0 Å². The van der Waals surface area contributed by atoms with E-state index < -0.39 is 0 Å². The van der Waals surface area contributed by atoms with Crippen LogP contribution in [0, 0.1) is 0 Å². The molecule has 1 unspecified atom stereocenters. The molecule has 1 aliphatic heterocycles. The number of likely N-dealkylation sites (N-methyl/N-ethyl adjacent to an activating group) is 1. The van der Waals surface area contributed by atoms with Crippen LogP contribution in [-0.2, 0) is 0 Å². The molecule has 0 aliphatic carbocycles. The van der Waals surface area contributed by atoms with Gasteiger partial charge in [0.1, 0.15) is 0 Å². The maximum atomic E-state index is 6.14. The van der Waals surface area contributed by atoms with Crippen molar-refractivity contribution in [3.63, 3.8) is 0 Å². The molecule has 1 saturated heterocycles. The van der Waals surface area contributed by atoms with Crippen LogP contribution in [0.3, 0.4) is 0 Å². The number of nitrogens with zero attached hydrogens (tertiary/aromatic N) is 1. The zero-order chi connectivity index (χ0) is 12.3. The highest BCUT2D eigenvalue weighted by atomic mass is 79.9. The third-order valence-corrected chi connectivity index (χ3v) is 4.56. The molecular formula is C13H18BrClN2. The van der Waals surface area contributed by atoms with Gasteiger partial charge in [-0.1, -0.05) is 24.6 Å². The molecule has 0 bridgehead atoms. The van der Waals surface area contributed by atoms with Gasteiger partial charge < -0.3 is 10.2 Å². The molecule has 94 valence electrons. The van der Waals surface area contributed by atoms with Crippen LogP contribution in [0.15, 0.2) is 22.7 Å². The van der Waals surface area contributed by atoms with Gasteiger partial charge in [-0.25, -0.2) is 0 Å². The van der Waals surface area contributed by atoms with Crippen LogP contribution >= 0.6 is 27.5 Å². The molecule has 0 aromatic heterocycles. The maximum Gasteiger partial charge on any atom is 0.0595 e. The molecule has 1 aromatic rings. The van der Waals surface area contributed by atoms with E-state index in [4.69, 9.17) is 11.6 Å². The van der Waals surface area contributed by atoms with E-state index in [0.717, 1.165) is 29.1 Å². The third kappa shape index (κ3) is 3.15. The Balaban J connectivity index is 2.13. The van der Waals surface area contributed by atoms with E-state index in [1.165, 1.54) is 18.5 Å². The smallest absolute Gasteiger partial charge is 0.0595 e. The quantitative estimate of drug-likeness (QED) is 0.915. The second-order valence-corrected chi connectivity index (χ2v) is 5.62. The predicted octanol–water partition coefficient (Wildman–Crippen LogP) is 3.68. The van der Waals surface area contributed by atoms with Crippen LogP contribution in [0.25, 0.3) is 0 Å². The summed E-state index contributed by atoms with van der Waals surface area (Å²) in [5, 5.41) is 4.31. The minimum absolute atomic E-state index is 0.597. The van der Waals surface area contributed by atoms with E-state index in [0.29, 0.717) is 6.04 Å².